The predicted molar refractivity (Wildman–Crippen MR) is 87.3 cm³/mol. The van der Waals surface area contributed by atoms with E-state index in [1.54, 1.807) is 13.3 Å². The number of methoxy groups -OCH3 is 1. The van der Waals surface area contributed by atoms with E-state index in [2.05, 4.69) is 57.3 Å². The van der Waals surface area contributed by atoms with Crippen LogP contribution in [0.5, 0.6) is 0 Å². The average molecular weight is 345 g/mol. The van der Waals surface area contributed by atoms with Gasteiger partial charge in [0.1, 0.15) is 5.82 Å². The normalized spacial score (nSPS) is 11.4. The number of nitrogens with zero attached hydrogens (tertiary/aromatic N) is 2. The number of nitrogens with one attached hydrogen (secondary N) is 2. The number of aromatic nitrogens is 2. The molecule has 0 saturated heterocycles. The Bertz CT molecular complexity index is 412. The summed E-state index contributed by atoms with van der Waals surface area (Å²) in [4.78, 5) is 8.72. The van der Waals surface area contributed by atoms with Crippen molar-refractivity contribution in [1.29, 1.82) is 0 Å². The van der Waals surface area contributed by atoms with E-state index < -0.39 is 0 Å². The van der Waals surface area contributed by atoms with Crippen molar-refractivity contribution in [3.63, 3.8) is 0 Å². The van der Waals surface area contributed by atoms with Gasteiger partial charge in [-0.15, -0.1) is 0 Å². The molecule has 0 bridgehead atoms. The Morgan fingerprint density at radius 3 is 2.75 bits per heavy atom. The van der Waals surface area contributed by atoms with E-state index in [-0.39, 0.29) is 5.41 Å². The number of anilines is 2. The van der Waals surface area contributed by atoms with Crippen LogP contribution in [0.3, 0.4) is 0 Å². The highest BCUT2D eigenvalue weighted by Crippen LogP contribution is 2.24. The van der Waals surface area contributed by atoms with E-state index >= 15 is 0 Å². The Hall–Kier alpha value is -0.880. The summed E-state index contributed by atoms with van der Waals surface area (Å²) < 4.78 is 6.02. The van der Waals surface area contributed by atoms with E-state index in [1.807, 2.05) is 0 Å². The van der Waals surface area contributed by atoms with Gasteiger partial charge < -0.3 is 15.4 Å². The second-order valence-electron chi connectivity index (χ2n) is 5.58. The Morgan fingerprint density at radius 1 is 1.35 bits per heavy atom. The molecule has 1 aromatic rings. The maximum atomic E-state index is 5.14. The molecule has 0 atom stereocenters. The fraction of sp³-hybridized carbons (Fsp3) is 0.714. The fourth-order valence-corrected chi connectivity index (χ4v) is 1.93. The van der Waals surface area contributed by atoms with Gasteiger partial charge in [-0.3, -0.25) is 0 Å². The minimum Gasteiger partial charge on any atom is -0.385 e. The third-order valence-corrected chi connectivity index (χ3v) is 3.57. The maximum absolute atomic E-state index is 5.14. The second kappa shape index (κ2) is 8.42. The van der Waals surface area contributed by atoms with Crippen LogP contribution in [0.2, 0.25) is 0 Å². The second-order valence-corrected chi connectivity index (χ2v) is 6.43. The molecule has 20 heavy (non-hydrogen) atoms. The lowest BCUT2D eigenvalue weighted by Gasteiger charge is -2.25. The molecular weight excluding hydrogens is 320 g/mol. The Balaban J connectivity index is 2.61. The molecule has 0 aromatic carbocycles. The number of hydrogen-bond donors (Lipinski definition) is 2. The van der Waals surface area contributed by atoms with Crippen LogP contribution >= 0.6 is 15.9 Å². The van der Waals surface area contributed by atoms with Gasteiger partial charge in [0, 0.05) is 33.0 Å². The summed E-state index contributed by atoms with van der Waals surface area (Å²) in [5.74, 6) is 1.48. The number of rotatable bonds is 9. The van der Waals surface area contributed by atoms with Crippen LogP contribution in [-0.2, 0) is 4.74 Å². The summed E-state index contributed by atoms with van der Waals surface area (Å²) in [6.45, 7) is 9.01. The van der Waals surface area contributed by atoms with Crippen LogP contribution in [-0.4, -0.2) is 36.8 Å². The van der Waals surface area contributed by atoms with Crippen molar-refractivity contribution in [2.24, 2.45) is 5.41 Å². The van der Waals surface area contributed by atoms with Crippen molar-refractivity contribution in [3.8, 4) is 0 Å². The lowest BCUT2D eigenvalue weighted by Crippen LogP contribution is -2.25. The van der Waals surface area contributed by atoms with Crippen molar-refractivity contribution >= 4 is 27.7 Å². The molecule has 0 aliphatic heterocycles. The van der Waals surface area contributed by atoms with Gasteiger partial charge in [0.2, 0.25) is 5.95 Å². The molecule has 1 aromatic heterocycles. The van der Waals surface area contributed by atoms with E-state index in [0.29, 0.717) is 5.95 Å². The lowest BCUT2D eigenvalue weighted by molar-refractivity contribution is 0.157. The van der Waals surface area contributed by atoms with Crippen molar-refractivity contribution < 1.29 is 4.74 Å². The summed E-state index contributed by atoms with van der Waals surface area (Å²) in [6.07, 6.45) is 3.82. The monoisotopic (exact) mass is 344 g/mol. The molecule has 0 radical (unpaired) electrons. The summed E-state index contributed by atoms with van der Waals surface area (Å²) in [7, 11) is 1.73. The van der Waals surface area contributed by atoms with Gasteiger partial charge in [0.05, 0.1) is 4.47 Å². The molecule has 0 amide bonds. The Kier molecular flexibility index (Phi) is 7.23. The van der Waals surface area contributed by atoms with Crippen molar-refractivity contribution in [2.75, 3.05) is 37.4 Å². The van der Waals surface area contributed by atoms with Crippen molar-refractivity contribution in [2.45, 2.75) is 33.6 Å². The van der Waals surface area contributed by atoms with Gasteiger partial charge in [0.15, 0.2) is 0 Å². The Morgan fingerprint density at radius 2 is 2.10 bits per heavy atom. The first-order valence-corrected chi connectivity index (χ1v) is 7.77. The summed E-state index contributed by atoms with van der Waals surface area (Å²) in [5, 5.41) is 6.58. The predicted octanol–water partition coefficient (Wildman–Crippen LogP) is 3.54. The molecule has 1 heterocycles. The standard InChI is InChI=1S/C14H25BrN4O/c1-5-7-16-13-17-9-11(15)12(19-13)18-10-14(2,3)6-8-20-4/h9H,5-8,10H2,1-4H3,(H2,16,17,18,19). The molecule has 114 valence electrons. The zero-order chi connectivity index (χ0) is 15.0. The molecule has 0 saturated carbocycles. The van der Waals surface area contributed by atoms with Gasteiger partial charge in [-0.1, -0.05) is 20.8 Å². The first-order valence-electron chi connectivity index (χ1n) is 6.97. The van der Waals surface area contributed by atoms with Crippen LogP contribution < -0.4 is 10.6 Å². The van der Waals surface area contributed by atoms with E-state index in [0.717, 1.165) is 42.8 Å². The zero-order valence-corrected chi connectivity index (χ0v) is 14.4. The zero-order valence-electron chi connectivity index (χ0n) is 12.8. The first-order chi connectivity index (χ1) is 9.48. The quantitative estimate of drug-likeness (QED) is 0.717. The number of hydrogen-bond acceptors (Lipinski definition) is 5. The highest BCUT2D eigenvalue weighted by Gasteiger charge is 2.18. The number of ether oxygens (including phenoxy) is 1. The van der Waals surface area contributed by atoms with Crippen LogP contribution in [0.4, 0.5) is 11.8 Å². The van der Waals surface area contributed by atoms with Gasteiger partial charge in [-0.05, 0) is 34.2 Å². The van der Waals surface area contributed by atoms with Crippen LogP contribution in [0.15, 0.2) is 10.7 Å². The largest absolute Gasteiger partial charge is 0.385 e. The Labute approximate surface area is 130 Å². The molecule has 0 fully saturated rings. The fourth-order valence-electron chi connectivity index (χ4n) is 1.60. The molecule has 1 rings (SSSR count). The molecule has 0 aliphatic carbocycles. The molecular formula is C14H25BrN4O. The summed E-state index contributed by atoms with van der Waals surface area (Å²) >= 11 is 3.48. The summed E-state index contributed by atoms with van der Waals surface area (Å²) in [5.41, 5.74) is 0.150. The lowest BCUT2D eigenvalue weighted by atomic mass is 9.90. The topological polar surface area (TPSA) is 59.1 Å². The molecule has 5 nitrogen and oxygen atoms in total. The molecule has 2 N–H and O–H groups in total. The molecule has 0 spiro atoms. The van der Waals surface area contributed by atoms with E-state index in [4.69, 9.17) is 4.74 Å². The smallest absolute Gasteiger partial charge is 0.224 e. The van der Waals surface area contributed by atoms with Crippen LogP contribution in [0.25, 0.3) is 0 Å². The molecule has 0 aliphatic rings. The SMILES string of the molecule is CCCNc1ncc(Br)c(NCC(C)(C)CCOC)n1. The van der Waals surface area contributed by atoms with Gasteiger partial charge in [-0.2, -0.15) is 4.98 Å². The van der Waals surface area contributed by atoms with Gasteiger partial charge in [0.25, 0.3) is 0 Å². The highest BCUT2D eigenvalue weighted by molar-refractivity contribution is 9.10. The molecule has 0 unspecified atom stereocenters. The maximum Gasteiger partial charge on any atom is 0.224 e. The summed E-state index contributed by atoms with van der Waals surface area (Å²) in [6, 6.07) is 0. The minimum absolute atomic E-state index is 0.150. The van der Waals surface area contributed by atoms with Crippen molar-refractivity contribution in [1.82, 2.24) is 9.97 Å². The third kappa shape index (κ3) is 6.05. The van der Waals surface area contributed by atoms with Crippen molar-refractivity contribution in [3.05, 3.63) is 10.7 Å². The van der Waals surface area contributed by atoms with E-state index in [9.17, 15) is 0 Å². The molecule has 6 heteroatoms. The first kappa shape index (κ1) is 17.2. The third-order valence-electron chi connectivity index (χ3n) is 2.99. The minimum atomic E-state index is 0.150. The number of halogens is 1. The van der Waals surface area contributed by atoms with E-state index in [1.165, 1.54) is 0 Å². The highest BCUT2D eigenvalue weighted by atomic mass is 79.9. The average Bonchev–Trinajstić information content (AvgIpc) is 2.43. The van der Waals surface area contributed by atoms with Crippen LogP contribution in [0, 0.1) is 5.41 Å². The van der Waals surface area contributed by atoms with Crippen LogP contribution in [0.1, 0.15) is 33.6 Å². The van der Waals surface area contributed by atoms with Gasteiger partial charge in [-0.25, -0.2) is 4.98 Å². The van der Waals surface area contributed by atoms with Gasteiger partial charge >= 0.3 is 0 Å².